The number of aromatic nitrogens is 1. The molecule has 12 heteroatoms. The van der Waals surface area contributed by atoms with Crippen LogP contribution in [0.3, 0.4) is 0 Å². The summed E-state index contributed by atoms with van der Waals surface area (Å²) in [6.07, 6.45) is 4.22. The smallest absolute Gasteiger partial charge is 0.312 e. The monoisotopic (exact) mass is 662 g/mol. The Bertz CT molecular complexity index is 1500. The number of urea groups is 1. The van der Waals surface area contributed by atoms with Crippen LogP contribution in [0.5, 0.6) is 0 Å². The number of nitrogens with one attached hydrogen (secondary N) is 4. The van der Waals surface area contributed by atoms with Gasteiger partial charge in [0.2, 0.25) is 11.8 Å². The molecule has 0 spiro atoms. The highest BCUT2D eigenvalue weighted by Gasteiger charge is 2.37. The van der Waals surface area contributed by atoms with Gasteiger partial charge in [0.05, 0.1) is 12.1 Å². The molecule has 1 saturated heterocycles. The number of primary amides is 1. The highest BCUT2D eigenvalue weighted by molar-refractivity contribution is 5.94. The number of aromatic amines is 1. The van der Waals surface area contributed by atoms with Gasteiger partial charge in [-0.1, -0.05) is 48.5 Å². The van der Waals surface area contributed by atoms with E-state index >= 15 is 0 Å². The molecule has 1 aliphatic heterocycles. The van der Waals surface area contributed by atoms with Crippen LogP contribution in [0.2, 0.25) is 0 Å². The van der Waals surface area contributed by atoms with E-state index in [4.69, 9.17) is 10.5 Å². The summed E-state index contributed by atoms with van der Waals surface area (Å²) in [5.41, 5.74) is 7.98. The van der Waals surface area contributed by atoms with Crippen molar-refractivity contribution in [3.8, 4) is 0 Å². The lowest BCUT2D eigenvalue weighted by molar-refractivity contribution is -0.147. The number of aliphatic hydroxyl groups is 1. The lowest BCUT2D eigenvalue weighted by atomic mass is 9.90. The Balaban J connectivity index is 1.55. The van der Waals surface area contributed by atoms with Gasteiger partial charge in [0.1, 0.15) is 6.04 Å². The average Bonchev–Trinajstić information content (AvgIpc) is 3.50. The third kappa shape index (κ3) is 10.1. The number of likely N-dealkylation sites (N-methyl/N-ethyl adjacent to an activating group) is 1. The molecular weight excluding hydrogens is 612 g/mol. The number of nitrogens with zero attached hydrogens (tertiary/aromatic N) is 1. The van der Waals surface area contributed by atoms with Gasteiger partial charge in [-0.05, 0) is 69.7 Å². The van der Waals surface area contributed by atoms with Crippen molar-refractivity contribution in [2.75, 3.05) is 26.7 Å². The molecule has 0 saturated carbocycles. The normalized spacial score (nSPS) is 17.3. The molecule has 5 atom stereocenters. The summed E-state index contributed by atoms with van der Waals surface area (Å²) in [6.45, 7) is 2.75. The predicted octanol–water partition coefficient (Wildman–Crippen LogP) is 2.79. The second-order valence-corrected chi connectivity index (χ2v) is 12.4. The maximum Gasteiger partial charge on any atom is 0.312 e. The SMILES string of the molecule is CCO[C@H](O)[C@H](CCCNC(N)=O)CC(=O)[C@H](Cc1c[nH]c2ccccc12)NC(=O)C1CCCCN1C(=O)[C@H](Cc1ccccc1)NC. The number of ether oxygens (including phenoxy) is 1. The first-order valence-corrected chi connectivity index (χ1v) is 16.9. The number of para-hydroxylation sites is 1. The van der Waals surface area contributed by atoms with Crippen molar-refractivity contribution in [1.29, 1.82) is 0 Å². The van der Waals surface area contributed by atoms with Gasteiger partial charge in [0.25, 0.3) is 0 Å². The average molecular weight is 663 g/mol. The summed E-state index contributed by atoms with van der Waals surface area (Å²) >= 11 is 0. The van der Waals surface area contributed by atoms with Gasteiger partial charge in [0, 0.05) is 55.6 Å². The van der Waals surface area contributed by atoms with E-state index in [0.717, 1.165) is 34.9 Å². The lowest BCUT2D eigenvalue weighted by Crippen LogP contribution is -2.58. The Morgan fingerprint density at radius 2 is 1.79 bits per heavy atom. The number of benzene rings is 2. The van der Waals surface area contributed by atoms with E-state index in [0.29, 0.717) is 32.2 Å². The molecule has 260 valence electrons. The molecule has 1 fully saturated rings. The summed E-state index contributed by atoms with van der Waals surface area (Å²) < 4.78 is 5.47. The Morgan fingerprint density at radius 3 is 2.52 bits per heavy atom. The van der Waals surface area contributed by atoms with Crippen LogP contribution in [-0.2, 0) is 32.0 Å². The molecule has 0 bridgehead atoms. The zero-order valence-electron chi connectivity index (χ0n) is 28.0. The number of piperidine rings is 1. The zero-order chi connectivity index (χ0) is 34.5. The number of hydrogen-bond donors (Lipinski definition) is 6. The van der Waals surface area contributed by atoms with Crippen LogP contribution >= 0.6 is 0 Å². The molecular formula is C36H50N6O6. The first-order chi connectivity index (χ1) is 23.2. The van der Waals surface area contributed by atoms with Gasteiger partial charge < -0.3 is 41.4 Å². The number of rotatable bonds is 18. The third-order valence-corrected chi connectivity index (χ3v) is 9.08. The zero-order valence-corrected chi connectivity index (χ0v) is 28.0. The van der Waals surface area contributed by atoms with E-state index in [9.17, 15) is 24.3 Å². The van der Waals surface area contributed by atoms with Gasteiger partial charge in [-0.3, -0.25) is 14.4 Å². The van der Waals surface area contributed by atoms with E-state index < -0.39 is 36.4 Å². The van der Waals surface area contributed by atoms with Crippen molar-refractivity contribution < 1.29 is 29.0 Å². The van der Waals surface area contributed by atoms with E-state index in [1.807, 2.05) is 60.8 Å². The molecule has 48 heavy (non-hydrogen) atoms. The molecule has 0 aliphatic carbocycles. The molecule has 3 aromatic rings. The fourth-order valence-corrected chi connectivity index (χ4v) is 6.49. The van der Waals surface area contributed by atoms with E-state index in [1.54, 1.807) is 18.9 Å². The van der Waals surface area contributed by atoms with Crippen LogP contribution in [0.15, 0.2) is 60.8 Å². The van der Waals surface area contributed by atoms with Crippen LogP contribution < -0.4 is 21.7 Å². The maximum atomic E-state index is 14.1. The predicted molar refractivity (Wildman–Crippen MR) is 184 cm³/mol. The highest BCUT2D eigenvalue weighted by Crippen LogP contribution is 2.24. The first kappa shape index (κ1) is 36.6. The minimum absolute atomic E-state index is 0.0583. The van der Waals surface area contributed by atoms with Crippen LogP contribution in [0, 0.1) is 5.92 Å². The number of nitrogens with two attached hydrogens (primary N) is 1. The second kappa shape index (κ2) is 18.3. The number of ketones is 1. The topological polar surface area (TPSA) is 179 Å². The summed E-state index contributed by atoms with van der Waals surface area (Å²) in [6, 6.07) is 14.7. The van der Waals surface area contributed by atoms with Crippen LogP contribution in [0.1, 0.15) is 56.6 Å². The second-order valence-electron chi connectivity index (χ2n) is 12.4. The van der Waals surface area contributed by atoms with Crippen molar-refractivity contribution >= 4 is 34.5 Å². The van der Waals surface area contributed by atoms with Crippen molar-refractivity contribution in [3.63, 3.8) is 0 Å². The third-order valence-electron chi connectivity index (χ3n) is 9.08. The Labute approximate surface area is 282 Å². The van der Waals surface area contributed by atoms with E-state index in [2.05, 4.69) is 20.9 Å². The number of aliphatic hydroxyl groups excluding tert-OH is 1. The van der Waals surface area contributed by atoms with E-state index in [-0.39, 0.29) is 43.6 Å². The highest BCUT2D eigenvalue weighted by atomic mass is 16.6. The molecule has 2 heterocycles. The number of carbonyl (C=O) groups excluding carboxylic acids is 4. The fraction of sp³-hybridized carbons (Fsp3) is 0.500. The largest absolute Gasteiger partial charge is 0.368 e. The molecule has 1 aliphatic rings. The Morgan fingerprint density at radius 1 is 1.04 bits per heavy atom. The molecule has 0 radical (unpaired) electrons. The van der Waals surface area contributed by atoms with Gasteiger partial charge in [-0.15, -0.1) is 0 Å². The molecule has 4 rings (SSSR count). The van der Waals surface area contributed by atoms with Gasteiger partial charge >= 0.3 is 6.03 Å². The van der Waals surface area contributed by atoms with Crippen LogP contribution in [0.4, 0.5) is 4.79 Å². The van der Waals surface area contributed by atoms with Crippen molar-refractivity contribution in [2.45, 2.75) is 82.7 Å². The lowest BCUT2D eigenvalue weighted by Gasteiger charge is -2.37. The number of H-pyrrole nitrogens is 1. The minimum atomic E-state index is -1.20. The van der Waals surface area contributed by atoms with Crippen molar-refractivity contribution in [1.82, 2.24) is 25.8 Å². The number of amides is 4. The maximum absolute atomic E-state index is 14.1. The van der Waals surface area contributed by atoms with Gasteiger partial charge in [-0.2, -0.15) is 0 Å². The van der Waals surface area contributed by atoms with Crippen LogP contribution in [0.25, 0.3) is 10.9 Å². The van der Waals surface area contributed by atoms with Gasteiger partial charge in [-0.25, -0.2) is 4.79 Å². The van der Waals surface area contributed by atoms with Crippen molar-refractivity contribution in [3.05, 3.63) is 71.9 Å². The minimum Gasteiger partial charge on any atom is -0.368 e. The Kier molecular flexibility index (Phi) is 14.0. The summed E-state index contributed by atoms with van der Waals surface area (Å²) in [5, 5.41) is 20.4. The molecule has 2 aromatic carbocycles. The van der Waals surface area contributed by atoms with Crippen LogP contribution in [-0.4, -0.2) is 89.8 Å². The molecule has 4 amide bonds. The molecule has 1 aromatic heterocycles. The number of Topliss-reactive ketones (excluding diaryl/α,β-unsaturated/α-hetero) is 1. The number of fused-ring (bicyclic) bond motifs is 1. The van der Waals surface area contributed by atoms with Crippen molar-refractivity contribution in [2.24, 2.45) is 11.7 Å². The molecule has 1 unspecified atom stereocenters. The van der Waals surface area contributed by atoms with Gasteiger partial charge in [0.15, 0.2) is 12.1 Å². The summed E-state index contributed by atoms with van der Waals surface area (Å²) in [5.74, 6) is -1.35. The number of likely N-dealkylation sites (tertiary alicyclic amines) is 1. The summed E-state index contributed by atoms with van der Waals surface area (Å²) in [7, 11) is 1.75. The standard InChI is InChI=1S/C36H50N6O6/c1-3-48-35(46)25(14-11-18-39-36(37)47)22-32(43)29(21-26-23-40-28-16-8-7-15-27(26)28)41-33(44)31-17-9-10-19-42(31)34(45)30(38-2)20-24-12-5-4-6-13-24/h4-8,12-13,15-16,23,25,29-31,35,38,40,46H,3,9-11,14,17-22H2,1-2H3,(H,41,44)(H3,37,39,47)/t25-,29+,30+,31?,35+/m1/s1. The summed E-state index contributed by atoms with van der Waals surface area (Å²) in [4.78, 5) is 58.1. The van der Waals surface area contributed by atoms with E-state index in [1.165, 1.54) is 0 Å². The number of carbonyl (C=O) groups is 4. The first-order valence-electron chi connectivity index (χ1n) is 16.9. The molecule has 12 nitrogen and oxygen atoms in total. The number of hydrogen-bond acceptors (Lipinski definition) is 7. The Hall–Kier alpha value is -4.26. The quantitative estimate of drug-likeness (QED) is 0.0896. The fourth-order valence-electron chi connectivity index (χ4n) is 6.49. The molecule has 7 N–H and O–H groups in total.